The van der Waals surface area contributed by atoms with Crippen LogP contribution in [0, 0.1) is 18.3 Å². The summed E-state index contributed by atoms with van der Waals surface area (Å²) in [6, 6.07) is 15.8. The van der Waals surface area contributed by atoms with Crippen LogP contribution in [0.25, 0.3) is 0 Å². The number of rotatable bonds is 3. The van der Waals surface area contributed by atoms with E-state index in [0.717, 1.165) is 11.1 Å². The molecule has 2 aliphatic rings. The number of allylic oxidation sites excluding steroid dienone is 1. The number of hydrogen-bond acceptors (Lipinski definition) is 4. The number of nitrogens with zero attached hydrogens (tertiary/aromatic N) is 3. The number of anilines is 1. The molecule has 7 nitrogen and oxygen atoms in total. The van der Waals surface area contributed by atoms with Gasteiger partial charge in [0.2, 0.25) is 0 Å². The maximum absolute atomic E-state index is 13.6. The number of carbonyl (C=O) groups excluding carboxylic acids is 2. The van der Waals surface area contributed by atoms with Gasteiger partial charge in [0, 0.05) is 18.8 Å². The van der Waals surface area contributed by atoms with Gasteiger partial charge in [-0.1, -0.05) is 29.8 Å². The lowest BCUT2D eigenvalue weighted by molar-refractivity contribution is -0.131. The fourth-order valence-electron chi connectivity index (χ4n) is 3.96. The molecule has 1 unspecified atom stereocenters. The summed E-state index contributed by atoms with van der Waals surface area (Å²) in [7, 11) is 0. The average molecular weight is 416 g/mol. The first-order valence-electron chi connectivity index (χ1n) is 10.2. The van der Waals surface area contributed by atoms with Gasteiger partial charge in [-0.25, -0.2) is 4.79 Å². The van der Waals surface area contributed by atoms with Crippen LogP contribution in [0.2, 0.25) is 0 Å². The van der Waals surface area contributed by atoms with E-state index in [-0.39, 0.29) is 11.9 Å². The van der Waals surface area contributed by atoms with Crippen molar-refractivity contribution in [2.45, 2.75) is 19.9 Å². The number of nitrogens with one attached hydrogen (secondary N) is 1. The van der Waals surface area contributed by atoms with Crippen molar-refractivity contribution in [2.24, 2.45) is 0 Å². The predicted molar refractivity (Wildman–Crippen MR) is 116 cm³/mol. The van der Waals surface area contributed by atoms with E-state index >= 15 is 0 Å². The Bertz CT molecular complexity index is 1060. The molecule has 1 N–H and O–H groups in total. The van der Waals surface area contributed by atoms with Crippen LogP contribution in [0.15, 0.2) is 59.8 Å². The van der Waals surface area contributed by atoms with E-state index in [1.807, 2.05) is 38.1 Å². The van der Waals surface area contributed by atoms with Crippen LogP contribution < -0.4 is 10.2 Å². The van der Waals surface area contributed by atoms with Crippen molar-refractivity contribution >= 4 is 17.6 Å². The quantitative estimate of drug-likeness (QED) is 0.832. The predicted octanol–water partition coefficient (Wildman–Crippen LogP) is 3.27. The molecule has 7 heteroatoms. The van der Waals surface area contributed by atoms with Gasteiger partial charge >= 0.3 is 6.03 Å². The molecule has 2 aliphatic heterocycles. The lowest BCUT2D eigenvalue weighted by atomic mass is 9.92. The van der Waals surface area contributed by atoms with Gasteiger partial charge in [0.25, 0.3) is 5.91 Å². The second kappa shape index (κ2) is 8.62. The first kappa shape index (κ1) is 20.6. The Labute approximate surface area is 181 Å². The maximum atomic E-state index is 13.6. The highest BCUT2D eigenvalue weighted by atomic mass is 16.5. The minimum absolute atomic E-state index is 0.118. The number of nitriles is 1. The van der Waals surface area contributed by atoms with Crippen molar-refractivity contribution in [3.63, 3.8) is 0 Å². The summed E-state index contributed by atoms with van der Waals surface area (Å²) in [4.78, 5) is 30.0. The van der Waals surface area contributed by atoms with Gasteiger partial charge in [0.05, 0.1) is 42.1 Å². The molecule has 3 amide bonds. The molecule has 0 spiro atoms. The summed E-state index contributed by atoms with van der Waals surface area (Å²) >= 11 is 0. The molecule has 1 fully saturated rings. The Morgan fingerprint density at radius 1 is 1.06 bits per heavy atom. The van der Waals surface area contributed by atoms with Crippen molar-refractivity contribution in [3.05, 3.63) is 76.5 Å². The van der Waals surface area contributed by atoms with Crippen molar-refractivity contribution in [1.82, 2.24) is 10.2 Å². The average Bonchev–Trinajstić information content (AvgIpc) is 2.80. The third kappa shape index (κ3) is 4.03. The zero-order chi connectivity index (χ0) is 22.0. The highest BCUT2D eigenvalue weighted by Crippen LogP contribution is 2.34. The Kier molecular flexibility index (Phi) is 5.74. The Balaban J connectivity index is 1.80. The van der Waals surface area contributed by atoms with Gasteiger partial charge in [-0.05, 0) is 43.7 Å². The van der Waals surface area contributed by atoms with E-state index in [4.69, 9.17) is 10.00 Å². The SMILES string of the molecule is CC1=C(C(=O)N2CCOCC2)C(c2ccc(C#N)cc2)NC(=O)N1c1ccc(C)cc1. The molecule has 0 radical (unpaired) electrons. The van der Waals surface area contributed by atoms with Crippen LogP contribution in [0.3, 0.4) is 0 Å². The Morgan fingerprint density at radius 3 is 2.32 bits per heavy atom. The zero-order valence-corrected chi connectivity index (χ0v) is 17.6. The number of carbonyl (C=O) groups is 2. The highest BCUT2D eigenvalue weighted by molar-refractivity contribution is 6.04. The van der Waals surface area contributed by atoms with E-state index in [1.54, 1.807) is 34.1 Å². The van der Waals surface area contributed by atoms with E-state index in [9.17, 15) is 9.59 Å². The van der Waals surface area contributed by atoms with E-state index in [0.29, 0.717) is 48.8 Å². The number of ether oxygens (including phenoxy) is 1. The normalized spacial score (nSPS) is 19.1. The van der Waals surface area contributed by atoms with E-state index in [1.165, 1.54) is 0 Å². The number of morpholine rings is 1. The summed E-state index contributed by atoms with van der Waals surface area (Å²) < 4.78 is 5.40. The second-order valence-electron chi connectivity index (χ2n) is 7.69. The van der Waals surface area contributed by atoms with Crippen LogP contribution in [-0.2, 0) is 9.53 Å². The summed E-state index contributed by atoms with van der Waals surface area (Å²) in [5, 5.41) is 12.1. The van der Waals surface area contributed by atoms with Gasteiger partial charge in [-0.15, -0.1) is 0 Å². The summed E-state index contributed by atoms with van der Waals surface area (Å²) in [5.41, 5.74) is 4.18. The monoisotopic (exact) mass is 416 g/mol. The summed E-state index contributed by atoms with van der Waals surface area (Å²) in [5.74, 6) is -0.118. The lowest BCUT2D eigenvalue weighted by Gasteiger charge is -2.38. The van der Waals surface area contributed by atoms with Crippen LogP contribution >= 0.6 is 0 Å². The van der Waals surface area contributed by atoms with Crippen LogP contribution in [0.4, 0.5) is 10.5 Å². The third-order valence-electron chi connectivity index (χ3n) is 5.68. The van der Waals surface area contributed by atoms with Crippen LogP contribution in [-0.4, -0.2) is 43.1 Å². The van der Waals surface area contributed by atoms with Crippen molar-refractivity contribution in [3.8, 4) is 6.07 Å². The molecule has 0 aromatic heterocycles. The smallest absolute Gasteiger partial charge is 0.326 e. The number of aryl methyl sites for hydroxylation is 1. The summed E-state index contributed by atoms with van der Waals surface area (Å²) in [6.07, 6.45) is 0. The molecule has 0 bridgehead atoms. The van der Waals surface area contributed by atoms with E-state index in [2.05, 4.69) is 11.4 Å². The molecule has 2 aromatic rings. The molecule has 158 valence electrons. The zero-order valence-electron chi connectivity index (χ0n) is 17.6. The number of benzene rings is 2. The lowest BCUT2D eigenvalue weighted by Crippen LogP contribution is -2.51. The number of hydrogen-bond donors (Lipinski definition) is 1. The molecule has 0 saturated carbocycles. The highest BCUT2D eigenvalue weighted by Gasteiger charge is 2.38. The molecule has 4 rings (SSSR count). The first-order valence-corrected chi connectivity index (χ1v) is 10.2. The van der Waals surface area contributed by atoms with Gasteiger partial charge in [0.15, 0.2) is 0 Å². The van der Waals surface area contributed by atoms with Gasteiger partial charge < -0.3 is 15.0 Å². The van der Waals surface area contributed by atoms with Gasteiger partial charge in [-0.3, -0.25) is 9.69 Å². The Morgan fingerprint density at radius 2 is 1.71 bits per heavy atom. The van der Waals surface area contributed by atoms with Gasteiger partial charge in [-0.2, -0.15) is 5.26 Å². The molecular formula is C24H24N4O3. The molecule has 1 saturated heterocycles. The fraction of sp³-hybridized carbons (Fsp3) is 0.292. The topological polar surface area (TPSA) is 85.7 Å². The minimum Gasteiger partial charge on any atom is -0.378 e. The van der Waals surface area contributed by atoms with Crippen LogP contribution in [0.5, 0.6) is 0 Å². The van der Waals surface area contributed by atoms with Crippen molar-refractivity contribution in [1.29, 1.82) is 5.26 Å². The molecule has 2 heterocycles. The number of urea groups is 1. The molecule has 2 aromatic carbocycles. The van der Waals surface area contributed by atoms with Crippen molar-refractivity contribution in [2.75, 3.05) is 31.2 Å². The van der Waals surface area contributed by atoms with Gasteiger partial charge in [0.1, 0.15) is 0 Å². The first-order chi connectivity index (χ1) is 15.0. The minimum atomic E-state index is -0.600. The molecule has 31 heavy (non-hydrogen) atoms. The van der Waals surface area contributed by atoms with E-state index < -0.39 is 6.04 Å². The standard InChI is InChI=1S/C24H24N4O3/c1-16-3-9-20(10-4-16)28-17(2)21(23(29)27-11-13-31-14-12-27)22(26-24(28)30)19-7-5-18(15-25)6-8-19/h3-10,22H,11-14H2,1-2H3,(H,26,30). The summed E-state index contributed by atoms with van der Waals surface area (Å²) in [6.45, 7) is 5.80. The Hall–Kier alpha value is -3.63. The molecule has 1 atom stereocenters. The second-order valence-corrected chi connectivity index (χ2v) is 7.69. The van der Waals surface area contributed by atoms with Crippen molar-refractivity contribution < 1.29 is 14.3 Å². The molecular weight excluding hydrogens is 392 g/mol. The molecule has 0 aliphatic carbocycles. The third-order valence-corrected chi connectivity index (χ3v) is 5.68. The maximum Gasteiger partial charge on any atom is 0.326 e. The fourth-order valence-corrected chi connectivity index (χ4v) is 3.96. The largest absolute Gasteiger partial charge is 0.378 e. The number of amides is 3. The van der Waals surface area contributed by atoms with Crippen LogP contribution in [0.1, 0.15) is 29.7 Å².